The van der Waals surface area contributed by atoms with Gasteiger partial charge in [0.15, 0.2) is 5.78 Å². The monoisotopic (exact) mass is 274 g/mol. The number of carbonyl (C=O) groups excluding carboxylic acids is 2. The number of hydrogen-bond acceptors (Lipinski definition) is 5. The van der Waals surface area contributed by atoms with Gasteiger partial charge < -0.3 is 9.72 Å². The number of para-hydroxylation sites is 1. The summed E-state index contributed by atoms with van der Waals surface area (Å²) in [5, 5.41) is 0.510. The van der Waals surface area contributed by atoms with Gasteiger partial charge in [-0.05, 0) is 19.1 Å². The molecule has 0 bridgehead atoms. The third-order valence-corrected chi connectivity index (χ3v) is 2.66. The molecule has 0 saturated carbocycles. The summed E-state index contributed by atoms with van der Waals surface area (Å²) in [7, 11) is 0. The first-order chi connectivity index (χ1) is 9.56. The highest BCUT2D eigenvalue weighted by atomic mass is 16.5. The zero-order valence-corrected chi connectivity index (χ0v) is 11.0. The molecule has 0 radical (unpaired) electrons. The number of nitrogens with zero attached hydrogens (tertiary/aromatic N) is 1. The molecule has 0 aliphatic heterocycles. The van der Waals surface area contributed by atoms with Gasteiger partial charge in [0.2, 0.25) is 0 Å². The van der Waals surface area contributed by atoms with Crippen molar-refractivity contribution in [2.45, 2.75) is 19.8 Å². The van der Waals surface area contributed by atoms with Crippen molar-refractivity contribution in [2.24, 2.45) is 0 Å². The summed E-state index contributed by atoms with van der Waals surface area (Å²) >= 11 is 0. The van der Waals surface area contributed by atoms with Crippen LogP contribution in [0.5, 0.6) is 0 Å². The summed E-state index contributed by atoms with van der Waals surface area (Å²) in [6, 6.07) is 6.98. The van der Waals surface area contributed by atoms with Gasteiger partial charge in [0, 0.05) is 6.42 Å². The normalized spacial score (nSPS) is 10.4. The van der Waals surface area contributed by atoms with Gasteiger partial charge in [-0.3, -0.25) is 14.4 Å². The number of aromatic nitrogens is 2. The second kappa shape index (κ2) is 6.10. The van der Waals surface area contributed by atoms with Gasteiger partial charge >= 0.3 is 5.97 Å². The van der Waals surface area contributed by atoms with Gasteiger partial charge in [-0.15, -0.1) is 0 Å². The van der Waals surface area contributed by atoms with Crippen molar-refractivity contribution in [3.8, 4) is 0 Å². The van der Waals surface area contributed by atoms with E-state index < -0.39 is 5.97 Å². The Kier molecular flexibility index (Phi) is 4.24. The van der Waals surface area contributed by atoms with E-state index in [0.29, 0.717) is 16.7 Å². The van der Waals surface area contributed by atoms with Crippen LogP contribution in [0.15, 0.2) is 29.1 Å². The summed E-state index contributed by atoms with van der Waals surface area (Å²) in [5.41, 5.74) is 0.353. The van der Waals surface area contributed by atoms with E-state index in [4.69, 9.17) is 4.74 Å². The number of nitrogens with one attached hydrogen (secondary N) is 1. The molecule has 104 valence electrons. The highest BCUT2D eigenvalue weighted by Gasteiger charge is 2.08. The third-order valence-electron chi connectivity index (χ3n) is 2.66. The lowest BCUT2D eigenvalue weighted by molar-refractivity contribution is -0.147. The Morgan fingerprint density at radius 3 is 2.80 bits per heavy atom. The first-order valence-corrected chi connectivity index (χ1v) is 6.19. The Hall–Kier alpha value is -2.50. The van der Waals surface area contributed by atoms with E-state index in [2.05, 4.69) is 9.97 Å². The molecule has 1 aromatic heterocycles. The summed E-state index contributed by atoms with van der Waals surface area (Å²) < 4.78 is 4.73. The van der Waals surface area contributed by atoms with E-state index >= 15 is 0 Å². The molecule has 1 aromatic carbocycles. The number of ketones is 1. The number of aromatic amines is 1. The van der Waals surface area contributed by atoms with Crippen molar-refractivity contribution in [1.29, 1.82) is 0 Å². The molecule has 0 aliphatic rings. The van der Waals surface area contributed by atoms with Crippen LogP contribution < -0.4 is 5.56 Å². The molecular formula is C14H14N2O4. The highest BCUT2D eigenvalue weighted by molar-refractivity contribution is 5.80. The number of Topliss-reactive ketones (excluding diaryl/α,β-unsaturated/α-hetero) is 1. The lowest BCUT2D eigenvalue weighted by Gasteiger charge is -2.03. The van der Waals surface area contributed by atoms with Gasteiger partial charge in [0.1, 0.15) is 12.4 Å². The average Bonchev–Trinajstić information content (AvgIpc) is 2.43. The van der Waals surface area contributed by atoms with Crippen LogP contribution in [0.25, 0.3) is 10.9 Å². The molecule has 6 heteroatoms. The van der Waals surface area contributed by atoms with Gasteiger partial charge in [-0.2, -0.15) is 0 Å². The molecule has 0 atom stereocenters. The van der Waals surface area contributed by atoms with Gasteiger partial charge in [0.25, 0.3) is 5.56 Å². The fraction of sp³-hybridized carbons (Fsp3) is 0.286. The van der Waals surface area contributed by atoms with E-state index in [-0.39, 0.29) is 30.8 Å². The van der Waals surface area contributed by atoms with Crippen LogP contribution >= 0.6 is 0 Å². The second-order valence-electron chi connectivity index (χ2n) is 4.39. The van der Waals surface area contributed by atoms with Gasteiger partial charge in [0.05, 0.1) is 17.3 Å². The zero-order chi connectivity index (χ0) is 14.5. The molecule has 0 spiro atoms. The van der Waals surface area contributed by atoms with Crippen LogP contribution in [0.4, 0.5) is 0 Å². The van der Waals surface area contributed by atoms with Crippen LogP contribution in [0.2, 0.25) is 0 Å². The standard InChI is InChI=1S/C14H14N2O4/c1-9(17)8-20-13(18)7-6-12-15-11-5-3-2-4-10(11)14(19)16-12/h2-5H,6-8H2,1H3,(H,15,16,19). The summed E-state index contributed by atoms with van der Waals surface area (Å²) in [5.74, 6) is -0.278. The van der Waals surface area contributed by atoms with Crippen molar-refractivity contribution < 1.29 is 14.3 Å². The maximum absolute atomic E-state index is 11.8. The topological polar surface area (TPSA) is 89.1 Å². The molecule has 20 heavy (non-hydrogen) atoms. The third kappa shape index (κ3) is 3.50. The van der Waals surface area contributed by atoms with Crippen molar-refractivity contribution in [3.63, 3.8) is 0 Å². The predicted octanol–water partition coefficient (Wildman–Crippen LogP) is 0.988. The van der Waals surface area contributed by atoms with Crippen molar-refractivity contribution in [1.82, 2.24) is 9.97 Å². The Labute approximate surface area is 114 Å². The van der Waals surface area contributed by atoms with Gasteiger partial charge in [-0.1, -0.05) is 12.1 Å². The smallest absolute Gasteiger partial charge is 0.306 e. The maximum Gasteiger partial charge on any atom is 0.306 e. The van der Waals surface area contributed by atoms with Gasteiger partial charge in [-0.25, -0.2) is 4.98 Å². The minimum Gasteiger partial charge on any atom is -0.458 e. The lowest BCUT2D eigenvalue weighted by atomic mass is 10.2. The van der Waals surface area contributed by atoms with Crippen LogP contribution in [-0.2, 0) is 20.7 Å². The molecule has 0 amide bonds. The Morgan fingerprint density at radius 2 is 2.05 bits per heavy atom. The Morgan fingerprint density at radius 1 is 1.30 bits per heavy atom. The fourth-order valence-electron chi connectivity index (χ4n) is 1.73. The molecule has 2 aromatic rings. The van der Waals surface area contributed by atoms with E-state index in [1.54, 1.807) is 24.3 Å². The number of benzene rings is 1. The van der Waals surface area contributed by atoms with E-state index in [0.717, 1.165) is 0 Å². The van der Waals surface area contributed by atoms with E-state index in [1.807, 2.05) is 0 Å². The molecule has 1 N–H and O–H groups in total. The molecule has 0 aliphatic carbocycles. The van der Waals surface area contributed by atoms with Crippen LogP contribution in [0.3, 0.4) is 0 Å². The Bertz CT molecular complexity index is 706. The summed E-state index contributed by atoms with van der Waals surface area (Å²) in [6.07, 6.45) is 0.325. The van der Waals surface area contributed by atoms with Crippen LogP contribution in [-0.4, -0.2) is 28.3 Å². The number of hydrogen-bond donors (Lipinski definition) is 1. The largest absolute Gasteiger partial charge is 0.458 e. The number of ether oxygens (including phenoxy) is 1. The minimum atomic E-state index is -0.490. The summed E-state index contributed by atoms with van der Waals surface area (Å²) in [4.78, 5) is 40.8. The quantitative estimate of drug-likeness (QED) is 0.821. The maximum atomic E-state index is 11.8. The first kappa shape index (κ1) is 13.9. The zero-order valence-electron chi connectivity index (χ0n) is 11.0. The van der Waals surface area contributed by atoms with E-state index in [1.165, 1.54) is 6.92 Å². The first-order valence-electron chi connectivity index (χ1n) is 6.19. The van der Waals surface area contributed by atoms with E-state index in [9.17, 15) is 14.4 Å². The number of fused-ring (bicyclic) bond motifs is 1. The molecule has 0 saturated heterocycles. The minimum absolute atomic E-state index is 0.0640. The second-order valence-corrected chi connectivity index (χ2v) is 4.39. The molecule has 0 unspecified atom stereocenters. The van der Waals surface area contributed by atoms with Crippen LogP contribution in [0, 0.1) is 0 Å². The van der Waals surface area contributed by atoms with Crippen molar-refractivity contribution in [2.75, 3.05) is 6.61 Å². The van der Waals surface area contributed by atoms with Crippen molar-refractivity contribution in [3.05, 3.63) is 40.4 Å². The molecule has 2 rings (SSSR count). The van der Waals surface area contributed by atoms with Crippen molar-refractivity contribution >= 4 is 22.7 Å². The number of rotatable bonds is 5. The molecular weight excluding hydrogens is 260 g/mol. The SMILES string of the molecule is CC(=O)COC(=O)CCc1nc2ccccc2c(=O)[nH]1. The van der Waals surface area contributed by atoms with Crippen LogP contribution in [0.1, 0.15) is 19.2 Å². The molecule has 1 heterocycles. The predicted molar refractivity (Wildman–Crippen MR) is 72.3 cm³/mol. The Balaban J connectivity index is 2.05. The average molecular weight is 274 g/mol. The molecule has 0 fully saturated rings. The lowest BCUT2D eigenvalue weighted by Crippen LogP contribution is -2.15. The highest BCUT2D eigenvalue weighted by Crippen LogP contribution is 2.06. The number of esters is 1. The fourth-order valence-corrected chi connectivity index (χ4v) is 1.73. The summed E-state index contributed by atoms with van der Waals surface area (Å²) in [6.45, 7) is 1.12. The molecule has 6 nitrogen and oxygen atoms in total. The number of carbonyl (C=O) groups is 2. The number of H-pyrrole nitrogens is 1. The number of aryl methyl sites for hydroxylation is 1.